The lowest BCUT2D eigenvalue weighted by Gasteiger charge is -2.15. The Labute approximate surface area is 169 Å². The van der Waals surface area contributed by atoms with Gasteiger partial charge in [-0.1, -0.05) is 30.3 Å². The van der Waals surface area contributed by atoms with Gasteiger partial charge in [0.1, 0.15) is 17.3 Å². The van der Waals surface area contributed by atoms with Crippen LogP contribution in [-0.2, 0) is 6.54 Å². The van der Waals surface area contributed by atoms with E-state index in [2.05, 4.69) is 20.6 Å². The normalized spacial score (nSPS) is 10.7. The molecular formula is C22H23FN4O2. The molecule has 7 heteroatoms. The highest BCUT2D eigenvalue weighted by molar-refractivity contribution is 6.03. The summed E-state index contributed by atoms with van der Waals surface area (Å²) in [6.07, 6.45) is -0.0245. The molecule has 3 aromatic rings. The lowest BCUT2D eigenvalue weighted by Crippen LogP contribution is -2.17. The number of nitrogens with one attached hydrogen (secondary N) is 2. The fourth-order valence-electron chi connectivity index (χ4n) is 2.69. The van der Waals surface area contributed by atoms with Crippen molar-refractivity contribution in [2.75, 3.05) is 10.6 Å². The first-order valence-electron chi connectivity index (χ1n) is 9.32. The molecule has 1 amide bonds. The first kappa shape index (κ1) is 20.3. The van der Waals surface area contributed by atoms with Crippen LogP contribution in [0.2, 0.25) is 0 Å². The summed E-state index contributed by atoms with van der Waals surface area (Å²) in [5, 5.41) is 5.80. The van der Waals surface area contributed by atoms with Crippen LogP contribution < -0.4 is 15.4 Å². The lowest BCUT2D eigenvalue weighted by atomic mass is 10.2. The van der Waals surface area contributed by atoms with Crippen molar-refractivity contribution in [1.29, 1.82) is 0 Å². The first-order valence-corrected chi connectivity index (χ1v) is 9.32. The molecule has 0 fully saturated rings. The van der Waals surface area contributed by atoms with Gasteiger partial charge in [0.25, 0.3) is 5.91 Å². The van der Waals surface area contributed by atoms with E-state index in [4.69, 9.17) is 4.74 Å². The molecule has 0 saturated carbocycles. The number of anilines is 2. The van der Waals surface area contributed by atoms with E-state index in [-0.39, 0.29) is 36.0 Å². The standard InChI is InChI=1S/C22H23FN4O2/c1-14(2)29-20-11-7-6-10-18(20)26-21(28)19-12-15(3)25-22(27-19)24-13-16-8-4-5-9-17(16)23/h4-12,14H,13H2,1-3H3,(H,26,28)(H,24,25,27). The summed E-state index contributed by atoms with van der Waals surface area (Å²) < 4.78 is 19.5. The van der Waals surface area contributed by atoms with E-state index in [1.54, 1.807) is 43.3 Å². The van der Waals surface area contributed by atoms with Crippen molar-refractivity contribution in [2.24, 2.45) is 0 Å². The van der Waals surface area contributed by atoms with Crippen LogP contribution in [0.25, 0.3) is 0 Å². The predicted octanol–water partition coefficient (Wildman–Crippen LogP) is 4.58. The summed E-state index contributed by atoms with van der Waals surface area (Å²) in [6.45, 7) is 5.81. The smallest absolute Gasteiger partial charge is 0.274 e. The Hall–Kier alpha value is -3.48. The molecule has 2 N–H and O–H groups in total. The molecule has 0 aliphatic heterocycles. The quantitative estimate of drug-likeness (QED) is 0.614. The Morgan fingerprint density at radius 1 is 1.10 bits per heavy atom. The second kappa shape index (κ2) is 9.14. The Balaban J connectivity index is 1.76. The van der Waals surface area contributed by atoms with Crippen molar-refractivity contribution in [3.63, 3.8) is 0 Å². The van der Waals surface area contributed by atoms with E-state index in [0.717, 1.165) is 0 Å². The van der Waals surface area contributed by atoms with E-state index in [1.807, 2.05) is 26.0 Å². The average Bonchev–Trinajstić information content (AvgIpc) is 2.68. The monoisotopic (exact) mass is 394 g/mol. The number of rotatable bonds is 7. The first-order chi connectivity index (χ1) is 13.9. The largest absolute Gasteiger partial charge is 0.489 e. The van der Waals surface area contributed by atoms with Gasteiger partial charge in [0.05, 0.1) is 11.8 Å². The highest BCUT2D eigenvalue weighted by Gasteiger charge is 2.14. The van der Waals surface area contributed by atoms with Crippen molar-refractivity contribution >= 4 is 17.5 Å². The van der Waals surface area contributed by atoms with Crippen LogP contribution in [0, 0.1) is 12.7 Å². The van der Waals surface area contributed by atoms with Gasteiger partial charge in [-0.05, 0) is 45.0 Å². The second-order valence-electron chi connectivity index (χ2n) is 6.78. The molecule has 0 aliphatic rings. The number of halogens is 1. The van der Waals surface area contributed by atoms with E-state index in [9.17, 15) is 9.18 Å². The van der Waals surface area contributed by atoms with Crippen LogP contribution >= 0.6 is 0 Å². The number of nitrogens with zero attached hydrogens (tertiary/aromatic N) is 2. The highest BCUT2D eigenvalue weighted by Crippen LogP contribution is 2.25. The fourth-order valence-corrected chi connectivity index (χ4v) is 2.69. The molecule has 150 valence electrons. The fraction of sp³-hybridized carbons (Fsp3) is 0.227. The maximum absolute atomic E-state index is 13.8. The minimum Gasteiger partial charge on any atom is -0.489 e. The number of para-hydroxylation sites is 2. The highest BCUT2D eigenvalue weighted by atomic mass is 19.1. The van der Waals surface area contributed by atoms with Gasteiger partial charge in [0.2, 0.25) is 5.95 Å². The van der Waals surface area contributed by atoms with Gasteiger partial charge in [-0.2, -0.15) is 0 Å². The predicted molar refractivity (Wildman–Crippen MR) is 111 cm³/mol. The number of hydrogen-bond acceptors (Lipinski definition) is 5. The minimum atomic E-state index is -0.385. The summed E-state index contributed by atoms with van der Waals surface area (Å²) in [5.74, 6) is 0.140. The van der Waals surface area contributed by atoms with Gasteiger partial charge in [-0.25, -0.2) is 14.4 Å². The number of ether oxygens (including phenoxy) is 1. The van der Waals surface area contributed by atoms with Gasteiger partial charge < -0.3 is 15.4 Å². The van der Waals surface area contributed by atoms with E-state index < -0.39 is 0 Å². The molecule has 0 radical (unpaired) electrons. The zero-order chi connectivity index (χ0) is 20.8. The molecule has 0 spiro atoms. The van der Waals surface area contributed by atoms with E-state index in [1.165, 1.54) is 6.07 Å². The molecular weight excluding hydrogens is 371 g/mol. The number of aryl methyl sites for hydroxylation is 1. The molecule has 0 saturated heterocycles. The summed E-state index contributed by atoms with van der Waals surface area (Å²) in [7, 11) is 0. The summed E-state index contributed by atoms with van der Waals surface area (Å²) >= 11 is 0. The SMILES string of the molecule is Cc1cc(C(=O)Nc2ccccc2OC(C)C)nc(NCc2ccccc2F)n1. The van der Waals surface area contributed by atoms with Crippen molar-refractivity contribution in [2.45, 2.75) is 33.4 Å². The van der Waals surface area contributed by atoms with Crippen molar-refractivity contribution in [3.05, 3.63) is 77.4 Å². The Morgan fingerprint density at radius 3 is 2.59 bits per heavy atom. The summed E-state index contributed by atoms with van der Waals surface area (Å²) in [4.78, 5) is 21.3. The zero-order valence-electron chi connectivity index (χ0n) is 16.6. The van der Waals surface area contributed by atoms with Crippen LogP contribution in [0.3, 0.4) is 0 Å². The lowest BCUT2D eigenvalue weighted by molar-refractivity contribution is 0.102. The van der Waals surface area contributed by atoms with E-state index in [0.29, 0.717) is 22.7 Å². The summed E-state index contributed by atoms with van der Waals surface area (Å²) in [5.41, 5.74) is 1.87. The number of carbonyl (C=O) groups excluding carboxylic acids is 1. The maximum atomic E-state index is 13.8. The van der Waals surface area contributed by atoms with Crippen molar-refractivity contribution in [1.82, 2.24) is 9.97 Å². The van der Waals surface area contributed by atoms with Crippen molar-refractivity contribution < 1.29 is 13.9 Å². The third-order valence-electron chi connectivity index (χ3n) is 3.98. The van der Waals surface area contributed by atoms with Gasteiger partial charge in [-0.15, -0.1) is 0 Å². The molecule has 29 heavy (non-hydrogen) atoms. The molecule has 0 atom stereocenters. The van der Waals surface area contributed by atoms with Crippen LogP contribution in [0.5, 0.6) is 5.75 Å². The van der Waals surface area contributed by atoms with E-state index >= 15 is 0 Å². The van der Waals surface area contributed by atoms with Crippen molar-refractivity contribution in [3.8, 4) is 5.75 Å². The van der Waals surface area contributed by atoms with Crippen LogP contribution in [0.4, 0.5) is 16.0 Å². The number of aromatic nitrogens is 2. The molecule has 0 bridgehead atoms. The molecule has 1 aromatic heterocycles. The van der Waals surface area contributed by atoms with Crippen LogP contribution in [0.1, 0.15) is 35.6 Å². The van der Waals surface area contributed by atoms with Crippen LogP contribution in [0.15, 0.2) is 54.6 Å². The Kier molecular flexibility index (Phi) is 6.39. The zero-order valence-corrected chi connectivity index (χ0v) is 16.6. The Morgan fingerprint density at radius 2 is 1.83 bits per heavy atom. The molecule has 1 heterocycles. The number of hydrogen-bond donors (Lipinski definition) is 2. The topological polar surface area (TPSA) is 76.1 Å². The Bertz CT molecular complexity index is 1010. The molecule has 3 rings (SSSR count). The third kappa shape index (κ3) is 5.51. The van der Waals surface area contributed by atoms with Gasteiger partial charge in [0, 0.05) is 17.8 Å². The number of carbonyl (C=O) groups is 1. The summed E-state index contributed by atoms with van der Waals surface area (Å²) in [6, 6.07) is 15.3. The second-order valence-corrected chi connectivity index (χ2v) is 6.78. The number of amides is 1. The average molecular weight is 394 g/mol. The molecule has 2 aromatic carbocycles. The van der Waals surface area contributed by atoms with Gasteiger partial charge in [-0.3, -0.25) is 4.79 Å². The van der Waals surface area contributed by atoms with Gasteiger partial charge in [0.15, 0.2) is 0 Å². The molecule has 0 aliphatic carbocycles. The third-order valence-corrected chi connectivity index (χ3v) is 3.98. The molecule has 0 unspecified atom stereocenters. The minimum absolute atomic E-state index is 0.0245. The van der Waals surface area contributed by atoms with Gasteiger partial charge >= 0.3 is 0 Å². The van der Waals surface area contributed by atoms with Crippen LogP contribution in [-0.4, -0.2) is 22.0 Å². The maximum Gasteiger partial charge on any atom is 0.274 e. The number of benzene rings is 2. The molecule has 6 nitrogen and oxygen atoms in total.